The summed E-state index contributed by atoms with van der Waals surface area (Å²) < 4.78 is 35.2. The van der Waals surface area contributed by atoms with Gasteiger partial charge in [-0.3, -0.25) is 4.79 Å². The predicted octanol–water partition coefficient (Wildman–Crippen LogP) is 5.14. The first kappa shape index (κ1) is 31.9. The molecule has 0 aliphatic heterocycles. The van der Waals surface area contributed by atoms with E-state index < -0.39 is 17.2 Å². The van der Waals surface area contributed by atoms with Crippen LogP contribution < -0.4 is 25.8 Å². The van der Waals surface area contributed by atoms with Gasteiger partial charge in [0.25, 0.3) is 5.91 Å². The number of rotatable bonds is 13. The van der Waals surface area contributed by atoms with Crippen LogP contribution >= 0.6 is 0 Å². The zero-order valence-electron chi connectivity index (χ0n) is 25.3. The number of methoxy groups -OCH3 is 1. The third-order valence-corrected chi connectivity index (χ3v) is 8.37. The Hall–Kier alpha value is -4.04. The van der Waals surface area contributed by atoms with Gasteiger partial charge in [-0.2, -0.15) is 0 Å². The first-order valence-corrected chi connectivity index (χ1v) is 14.8. The Morgan fingerprint density at radius 1 is 1.23 bits per heavy atom. The lowest BCUT2D eigenvalue weighted by molar-refractivity contribution is 0.0812. The SMILES string of the molecule is C=CC(O)(CC)c1cc(C(CNC(=O)c2cc(OC)c(=C)/c(=C\NCCC)c2)C2CC2C)nc(-c2ccc(F)cc2)c1F. The molecule has 228 valence electrons. The minimum atomic E-state index is -1.63. The van der Waals surface area contributed by atoms with Crippen LogP contribution in [0.5, 0.6) is 5.75 Å². The fraction of sp³-hybridized carbons (Fsp3) is 0.371. The summed E-state index contributed by atoms with van der Waals surface area (Å²) in [5, 5.41) is 19.0. The smallest absolute Gasteiger partial charge is 0.251 e. The summed E-state index contributed by atoms with van der Waals surface area (Å²) in [4.78, 5) is 18.2. The molecular formula is C35H41F2N3O3. The number of hydrogen-bond acceptors (Lipinski definition) is 5. The molecule has 1 aromatic heterocycles. The Morgan fingerprint density at radius 2 is 1.93 bits per heavy atom. The summed E-state index contributed by atoms with van der Waals surface area (Å²) >= 11 is 0. The van der Waals surface area contributed by atoms with Crippen LogP contribution in [0.4, 0.5) is 8.78 Å². The molecule has 3 aromatic rings. The maximum atomic E-state index is 16.0. The first-order chi connectivity index (χ1) is 20.6. The maximum absolute atomic E-state index is 16.0. The lowest BCUT2D eigenvalue weighted by atomic mass is 9.86. The third-order valence-electron chi connectivity index (χ3n) is 8.37. The molecule has 8 heteroatoms. The molecule has 1 fully saturated rings. The third kappa shape index (κ3) is 6.96. The standard InChI is InChI=1S/C35H41F2N3O3/c1-7-14-38-19-25-16-24(17-31(43-6)22(25)5)34(41)39-20-28(27-15-21(27)4)30-18-29(35(42,8-2)9-3)32(37)33(40-30)23-10-12-26(36)13-11-23/h8,10-13,16-19,21,27-28,38,42H,2,5,7,9,14-15,20H2,1,3-4,6H3,(H,39,41)/b25-19-. The highest BCUT2D eigenvalue weighted by Gasteiger charge is 2.42. The summed E-state index contributed by atoms with van der Waals surface area (Å²) in [6, 6.07) is 10.4. The number of aliphatic hydroxyl groups is 1. The first-order valence-electron chi connectivity index (χ1n) is 14.8. The van der Waals surface area contributed by atoms with Crippen molar-refractivity contribution in [1.82, 2.24) is 15.6 Å². The molecule has 4 atom stereocenters. The maximum Gasteiger partial charge on any atom is 0.251 e. The van der Waals surface area contributed by atoms with Gasteiger partial charge in [0.2, 0.25) is 0 Å². The van der Waals surface area contributed by atoms with Crippen LogP contribution in [0.2, 0.25) is 0 Å². The quantitative estimate of drug-likeness (QED) is 0.190. The van der Waals surface area contributed by atoms with Crippen LogP contribution in [0.3, 0.4) is 0 Å². The number of aromatic nitrogens is 1. The Bertz CT molecular complexity index is 1590. The Kier molecular flexibility index (Phi) is 10.0. The van der Waals surface area contributed by atoms with Gasteiger partial charge in [-0.15, -0.1) is 0 Å². The molecule has 1 aliphatic rings. The van der Waals surface area contributed by atoms with Gasteiger partial charge in [0, 0.05) is 58.0 Å². The lowest BCUT2D eigenvalue weighted by Crippen LogP contribution is -2.34. The van der Waals surface area contributed by atoms with Crippen molar-refractivity contribution < 1.29 is 23.4 Å². The highest BCUT2D eigenvalue weighted by atomic mass is 19.1. The van der Waals surface area contributed by atoms with Gasteiger partial charge in [-0.05, 0) is 73.6 Å². The van der Waals surface area contributed by atoms with Gasteiger partial charge in [0.1, 0.15) is 22.9 Å². The Labute approximate surface area is 252 Å². The Morgan fingerprint density at radius 3 is 2.51 bits per heavy atom. The number of carbonyl (C=O) groups is 1. The van der Waals surface area contributed by atoms with Gasteiger partial charge in [0.05, 0.1) is 7.11 Å². The number of nitrogens with zero attached hydrogens (tertiary/aromatic N) is 1. The van der Waals surface area contributed by atoms with Crippen LogP contribution in [0.25, 0.3) is 24.0 Å². The summed E-state index contributed by atoms with van der Waals surface area (Å²) in [5.74, 6) is -0.603. The van der Waals surface area contributed by atoms with E-state index in [0.29, 0.717) is 33.7 Å². The average Bonchev–Trinajstić information content (AvgIpc) is 3.74. The van der Waals surface area contributed by atoms with E-state index >= 15 is 4.39 Å². The zero-order valence-corrected chi connectivity index (χ0v) is 25.3. The van der Waals surface area contributed by atoms with E-state index in [4.69, 9.17) is 9.72 Å². The van der Waals surface area contributed by atoms with Gasteiger partial charge < -0.3 is 20.5 Å². The number of carbonyl (C=O) groups excluding carboxylic acids is 1. The molecule has 1 amide bonds. The second kappa shape index (κ2) is 13.5. The number of nitrogens with one attached hydrogen (secondary N) is 2. The van der Waals surface area contributed by atoms with Crippen molar-refractivity contribution in [3.05, 3.63) is 94.0 Å². The zero-order chi connectivity index (χ0) is 31.3. The Balaban J connectivity index is 1.73. The van der Waals surface area contributed by atoms with Crippen molar-refractivity contribution in [2.45, 2.75) is 51.6 Å². The molecule has 4 unspecified atom stereocenters. The van der Waals surface area contributed by atoms with E-state index in [0.717, 1.165) is 24.6 Å². The van der Waals surface area contributed by atoms with E-state index in [1.165, 1.54) is 37.5 Å². The number of halogens is 2. The molecule has 3 N–H and O–H groups in total. The van der Waals surface area contributed by atoms with E-state index in [-0.39, 0.29) is 42.0 Å². The van der Waals surface area contributed by atoms with Gasteiger partial charge in [-0.25, -0.2) is 13.8 Å². The van der Waals surface area contributed by atoms with Crippen LogP contribution in [-0.2, 0) is 5.60 Å². The van der Waals surface area contributed by atoms with Crippen LogP contribution in [0.1, 0.15) is 67.6 Å². The molecule has 4 rings (SSSR count). The number of amides is 1. The monoisotopic (exact) mass is 589 g/mol. The highest BCUT2D eigenvalue weighted by molar-refractivity contribution is 5.94. The van der Waals surface area contributed by atoms with E-state index in [9.17, 15) is 14.3 Å². The molecule has 0 radical (unpaired) electrons. The van der Waals surface area contributed by atoms with Crippen LogP contribution in [0, 0.1) is 23.5 Å². The topological polar surface area (TPSA) is 83.5 Å². The van der Waals surface area contributed by atoms with Crippen molar-refractivity contribution in [2.24, 2.45) is 11.8 Å². The van der Waals surface area contributed by atoms with E-state index in [1.54, 1.807) is 25.1 Å². The fourth-order valence-corrected chi connectivity index (χ4v) is 5.42. The second-order valence-corrected chi connectivity index (χ2v) is 11.3. The van der Waals surface area contributed by atoms with Crippen molar-refractivity contribution >= 4 is 18.7 Å². The van der Waals surface area contributed by atoms with E-state index in [2.05, 4.69) is 37.6 Å². The molecular weight excluding hydrogens is 548 g/mol. The molecule has 1 saturated carbocycles. The van der Waals surface area contributed by atoms with Crippen molar-refractivity contribution in [1.29, 1.82) is 0 Å². The van der Waals surface area contributed by atoms with Crippen molar-refractivity contribution in [2.75, 3.05) is 20.2 Å². The lowest BCUT2D eigenvalue weighted by Gasteiger charge is -2.27. The molecule has 0 spiro atoms. The molecule has 0 bridgehead atoms. The number of hydrogen-bond donors (Lipinski definition) is 3. The largest absolute Gasteiger partial charge is 0.496 e. The molecule has 43 heavy (non-hydrogen) atoms. The molecule has 0 saturated heterocycles. The van der Waals surface area contributed by atoms with Crippen molar-refractivity contribution in [3.8, 4) is 17.0 Å². The van der Waals surface area contributed by atoms with Crippen LogP contribution in [0.15, 0.2) is 55.1 Å². The fourth-order valence-electron chi connectivity index (χ4n) is 5.42. The summed E-state index contributed by atoms with van der Waals surface area (Å²) in [7, 11) is 1.54. The van der Waals surface area contributed by atoms with Gasteiger partial charge >= 0.3 is 0 Å². The number of benzene rings is 2. The number of ether oxygens (including phenoxy) is 1. The summed E-state index contributed by atoms with van der Waals surface area (Å²) in [6.07, 6.45) is 5.22. The van der Waals surface area contributed by atoms with Gasteiger partial charge in [-0.1, -0.05) is 40.0 Å². The molecule has 6 nitrogen and oxygen atoms in total. The average molecular weight is 590 g/mol. The second-order valence-electron chi connectivity index (χ2n) is 11.3. The minimum Gasteiger partial charge on any atom is -0.496 e. The highest BCUT2D eigenvalue weighted by Crippen LogP contribution is 2.48. The normalized spacial score (nSPS) is 18.4. The number of pyridine rings is 1. The molecule has 1 heterocycles. The predicted molar refractivity (Wildman–Crippen MR) is 167 cm³/mol. The van der Waals surface area contributed by atoms with Crippen molar-refractivity contribution in [3.63, 3.8) is 0 Å². The molecule has 1 aliphatic carbocycles. The van der Waals surface area contributed by atoms with E-state index in [1.807, 2.05) is 6.20 Å². The molecule has 2 aromatic carbocycles. The minimum absolute atomic E-state index is 0.0152. The summed E-state index contributed by atoms with van der Waals surface area (Å²) in [5.41, 5.74) is -0.219. The summed E-state index contributed by atoms with van der Waals surface area (Å²) in [6.45, 7) is 14.8. The van der Waals surface area contributed by atoms with Gasteiger partial charge in [0.15, 0.2) is 5.82 Å². The van der Waals surface area contributed by atoms with Crippen LogP contribution in [-0.4, -0.2) is 36.2 Å².